The van der Waals surface area contributed by atoms with E-state index in [1.165, 1.54) is 0 Å². The maximum Gasteiger partial charge on any atom is 0.110 e. The van der Waals surface area contributed by atoms with Gasteiger partial charge in [0.1, 0.15) is 12.2 Å². The Morgan fingerprint density at radius 2 is 1.26 bits per heavy atom. The molecule has 6 atom stereocenters. The highest BCUT2D eigenvalue weighted by Crippen LogP contribution is 2.45. The molecule has 3 nitrogen and oxygen atoms in total. The maximum atomic E-state index is 6.73. The summed E-state index contributed by atoms with van der Waals surface area (Å²) in [6.07, 6.45) is 2.73. The van der Waals surface area contributed by atoms with Crippen molar-refractivity contribution in [1.29, 1.82) is 0 Å². The van der Waals surface area contributed by atoms with E-state index in [2.05, 4.69) is 41.5 Å². The summed E-state index contributed by atoms with van der Waals surface area (Å²) in [4.78, 5) is 0. The van der Waals surface area contributed by atoms with Gasteiger partial charge in [0.05, 0.1) is 24.4 Å². The Hall–Kier alpha value is -0.120. The number of ether oxygens (including phenoxy) is 3. The molecule has 2 aliphatic rings. The molecule has 0 aromatic carbocycles. The van der Waals surface area contributed by atoms with E-state index in [4.69, 9.17) is 14.2 Å². The minimum atomic E-state index is -0.196. The summed E-state index contributed by atoms with van der Waals surface area (Å²) in [5, 5.41) is 0. The van der Waals surface area contributed by atoms with Crippen molar-refractivity contribution < 1.29 is 14.2 Å². The van der Waals surface area contributed by atoms with E-state index in [9.17, 15) is 0 Å². The van der Waals surface area contributed by atoms with Crippen molar-refractivity contribution in [2.75, 3.05) is 13.2 Å². The predicted molar refractivity (Wildman–Crippen MR) is 76.3 cm³/mol. The molecule has 0 N–H and O–H groups in total. The highest BCUT2D eigenvalue weighted by Gasteiger charge is 2.56. The molecule has 0 saturated carbocycles. The summed E-state index contributed by atoms with van der Waals surface area (Å²) < 4.78 is 17.9. The van der Waals surface area contributed by atoms with Gasteiger partial charge in [0.15, 0.2) is 0 Å². The van der Waals surface area contributed by atoms with Gasteiger partial charge in [-0.15, -0.1) is 0 Å². The zero-order valence-electron chi connectivity index (χ0n) is 13.4. The van der Waals surface area contributed by atoms with Gasteiger partial charge in [0.25, 0.3) is 0 Å². The molecule has 2 rings (SSSR count). The van der Waals surface area contributed by atoms with Crippen LogP contribution in [0.1, 0.15) is 54.4 Å². The summed E-state index contributed by atoms with van der Waals surface area (Å²) in [6.45, 7) is 15.1. The minimum Gasteiger partial charge on any atom is -0.370 e. The van der Waals surface area contributed by atoms with E-state index in [1.54, 1.807) is 0 Å². The fourth-order valence-electron chi connectivity index (χ4n) is 3.01. The minimum absolute atomic E-state index is 0.196. The van der Waals surface area contributed by atoms with Crippen LogP contribution in [0.25, 0.3) is 0 Å². The Labute approximate surface area is 118 Å². The molecule has 0 aromatic rings. The molecule has 0 spiro atoms. The topological polar surface area (TPSA) is 34.3 Å². The van der Waals surface area contributed by atoms with Crippen LogP contribution in [-0.2, 0) is 14.2 Å². The van der Waals surface area contributed by atoms with Gasteiger partial charge in [0.2, 0.25) is 0 Å². The fraction of sp³-hybridized carbons (Fsp3) is 1.00. The molecule has 2 saturated heterocycles. The first-order chi connectivity index (χ1) is 8.88. The molecule has 2 heterocycles. The summed E-state index contributed by atoms with van der Waals surface area (Å²) in [5.74, 6) is 0.976. The number of rotatable bonds is 8. The normalized spacial score (nSPS) is 35.1. The molecule has 2 aliphatic heterocycles. The Balaban J connectivity index is 2.18. The van der Waals surface area contributed by atoms with Gasteiger partial charge in [-0.2, -0.15) is 0 Å². The van der Waals surface area contributed by atoms with Gasteiger partial charge in [-0.25, -0.2) is 0 Å². The molecular weight excluding hydrogens is 240 g/mol. The number of hydrogen-bond acceptors (Lipinski definition) is 3. The van der Waals surface area contributed by atoms with E-state index < -0.39 is 0 Å². The lowest BCUT2D eigenvalue weighted by molar-refractivity contribution is -0.202. The van der Waals surface area contributed by atoms with Crippen LogP contribution in [-0.4, -0.2) is 36.6 Å². The predicted octanol–water partition coefficient (Wildman–Crippen LogP) is 3.41. The second-order valence-corrected chi connectivity index (χ2v) is 6.73. The molecule has 0 aliphatic carbocycles. The highest BCUT2D eigenvalue weighted by molar-refractivity contribution is 5.03. The van der Waals surface area contributed by atoms with Crippen LogP contribution < -0.4 is 0 Å². The molecule has 112 valence electrons. The second kappa shape index (κ2) is 5.34. The maximum absolute atomic E-state index is 6.73. The Morgan fingerprint density at radius 3 is 1.47 bits per heavy atom. The van der Waals surface area contributed by atoms with Gasteiger partial charge in [-0.05, 0) is 25.7 Å². The van der Waals surface area contributed by atoms with E-state index in [0.29, 0.717) is 11.8 Å². The smallest absolute Gasteiger partial charge is 0.110 e. The molecule has 0 aromatic heterocycles. The van der Waals surface area contributed by atoms with Crippen LogP contribution in [0.5, 0.6) is 0 Å². The largest absolute Gasteiger partial charge is 0.370 e. The molecule has 2 fully saturated rings. The molecule has 6 unspecified atom stereocenters. The Kier molecular flexibility index (Phi) is 4.29. The lowest BCUT2D eigenvalue weighted by Gasteiger charge is -2.45. The molecule has 0 amide bonds. The third-order valence-electron chi connectivity index (χ3n) is 5.57. The highest BCUT2D eigenvalue weighted by atomic mass is 16.6. The third-order valence-corrected chi connectivity index (χ3v) is 5.57. The summed E-state index contributed by atoms with van der Waals surface area (Å²) in [7, 11) is 0. The average Bonchev–Trinajstić information content (AvgIpc) is 3.25. The van der Waals surface area contributed by atoms with Crippen molar-refractivity contribution in [2.24, 2.45) is 11.8 Å². The van der Waals surface area contributed by atoms with E-state index in [0.717, 1.165) is 26.1 Å². The average molecular weight is 270 g/mol. The van der Waals surface area contributed by atoms with E-state index in [-0.39, 0.29) is 23.4 Å². The molecule has 3 heteroatoms. The Morgan fingerprint density at radius 1 is 0.947 bits per heavy atom. The first-order valence-corrected chi connectivity index (χ1v) is 7.81. The fourth-order valence-corrected chi connectivity index (χ4v) is 3.01. The van der Waals surface area contributed by atoms with Gasteiger partial charge in [-0.3, -0.25) is 0 Å². The summed E-state index contributed by atoms with van der Waals surface area (Å²) in [5.41, 5.74) is -0.391. The summed E-state index contributed by atoms with van der Waals surface area (Å²) in [6, 6.07) is 0. The SMILES string of the molecule is CCC(C)C(C)(OC(C)(C(C)CC)C1CO1)C1CO1. The van der Waals surface area contributed by atoms with Gasteiger partial charge < -0.3 is 14.2 Å². The molecule has 0 radical (unpaired) electrons. The molecule has 19 heavy (non-hydrogen) atoms. The summed E-state index contributed by atoms with van der Waals surface area (Å²) >= 11 is 0. The van der Waals surface area contributed by atoms with Gasteiger partial charge in [0, 0.05) is 0 Å². The van der Waals surface area contributed by atoms with Crippen molar-refractivity contribution in [1.82, 2.24) is 0 Å². The van der Waals surface area contributed by atoms with E-state index in [1.807, 2.05) is 0 Å². The number of epoxide rings is 2. The van der Waals surface area contributed by atoms with Crippen molar-refractivity contribution in [3.8, 4) is 0 Å². The Bertz CT molecular complexity index is 281. The zero-order chi connectivity index (χ0) is 14.3. The van der Waals surface area contributed by atoms with Crippen LogP contribution in [0.2, 0.25) is 0 Å². The van der Waals surface area contributed by atoms with Crippen LogP contribution in [0.4, 0.5) is 0 Å². The zero-order valence-corrected chi connectivity index (χ0v) is 13.4. The van der Waals surface area contributed by atoms with Crippen LogP contribution in [0.3, 0.4) is 0 Å². The standard InChI is InChI=1S/C16H30O3/c1-7-11(3)15(5,13-9-17-13)19-16(6,12(4)8-2)14-10-18-14/h11-14H,7-10H2,1-6H3. The number of hydrogen-bond donors (Lipinski definition) is 0. The van der Waals surface area contributed by atoms with Crippen molar-refractivity contribution in [3.63, 3.8) is 0 Å². The van der Waals surface area contributed by atoms with Crippen molar-refractivity contribution in [3.05, 3.63) is 0 Å². The van der Waals surface area contributed by atoms with Crippen LogP contribution in [0.15, 0.2) is 0 Å². The van der Waals surface area contributed by atoms with Crippen molar-refractivity contribution in [2.45, 2.75) is 77.8 Å². The second-order valence-electron chi connectivity index (χ2n) is 6.73. The van der Waals surface area contributed by atoms with Gasteiger partial charge >= 0.3 is 0 Å². The molecule has 0 bridgehead atoms. The van der Waals surface area contributed by atoms with Gasteiger partial charge in [-0.1, -0.05) is 40.5 Å². The quantitative estimate of drug-likeness (QED) is 0.634. The first-order valence-electron chi connectivity index (χ1n) is 7.81. The molecular formula is C16H30O3. The first kappa shape index (κ1) is 15.3. The lowest BCUT2D eigenvalue weighted by Crippen LogP contribution is -2.54. The third kappa shape index (κ3) is 2.84. The van der Waals surface area contributed by atoms with Crippen LogP contribution >= 0.6 is 0 Å². The monoisotopic (exact) mass is 270 g/mol. The van der Waals surface area contributed by atoms with E-state index >= 15 is 0 Å². The van der Waals surface area contributed by atoms with Crippen molar-refractivity contribution >= 4 is 0 Å². The van der Waals surface area contributed by atoms with Crippen LogP contribution in [0, 0.1) is 11.8 Å². The lowest BCUT2D eigenvalue weighted by atomic mass is 9.80.